The van der Waals surface area contributed by atoms with Crippen molar-refractivity contribution in [1.29, 1.82) is 0 Å². The van der Waals surface area contributed by atoms with Gasteiger partial charge in [-0.3, -0.25) is 0 Å². The number of carbonyl (C=O) groups is 1. The summed E-state index contributed by atoms with van der Waals surface area (Å²) in [5, 5.41) is 0. The third kappa shape index (κ3) is 2.13. The molecule has 0 aliphatic rings. The average Bonchev–Trinajstić information content (AvgIpc) is 2.56. The number of hydrogen-bond donors (Lipinski definition) is 0. The Hall–Kier alpha value is -1.76. The summed E-state index contributed by atoms with van der Waals surface area (Å²) >= 11 is 0. The molecule has 4 heteroatoms. The fourth-order valence-corrected chi connectivity index (χ4v) is 0.612. The van der Waals surface area contributed by atoms with E-state index in [-0.39, 0.29) is 6.61 Å². The van der Waals surface area contributed by atoms with Gasteiger partial charge in [0.1, 0.15) is 6.33 Å². The van der Waals surface area contributed by atoms with Gasteiger partial charge in [-0.1, -0.05) is 5.92 Å². The lowest BCUT2D eigenvalue weighted by molar-refractivity contribution is 0.162. The zero-order valence-corrected chi connectivity index (χ0v) is 6.65. The van der Waals surface area contributed by atoms with Crippen LogP contribution >= 0.6 is 0 Å². The standard InChI is InChI=1S/C8H8N2O2/c1-2-3-6-12-8(11)10-5-4-9-7-10/h4-5,7H,6H2,1H3. The highest BCUT2D eigenvalue weighted by atomic mass is 16.5. The van der Waals surface area contributed by atoms with Crippen LogP contribution in [-0.4, -0.2) is 22.3 Å². The number of carbonyl (C=O) groups excluding carboxylic acids is 1. The molecule has 62 valence electrons. The molecule has 1 aromatic rings. The molecule has 4 nitrogen and oxygen atoms in total. The highest BCUT2D eigenvalue weighted by Gasteiger charge is 2.01. The second-order valence-corrected chi connectivity index (χ2v) is 1.95. The van der Waals surface area contributed by atoms with Crippen molar-refractivity contribution in [2.75, 3.05) is 6.61 Å². The molecule has 0 aromatic carbocycles. The smallest absolute Gasteiger partial charge is 0.420 e. The Kier molecular flexibility index (Phi) is 2.91. The van der Waals surface area contributed by atoms with Gasteiger partial charge in [0.2, 0.25) is 0 Å². The molecule has 0 N–H and O–H groups in total. The van der Waals surface area contributed by atoms with Gasteiger partial charge in [-0.05, 0) is 6.92 Å². The predicted molar refractivity (Wildman–Crippen MR) is 42.4 cm³/mol. The molecular weight excluding hydrogens is 156 g/mol. The normalized spacial score (nSPS) is 8.42. The molecule has 1 heterocycles. The first kappa shape index (κ1) is 8.34. The average molecular weight is 164 g/mol. The van der Waals surface area contributed by atoms with Crippen LogP contribution < -0.4 is 0 Å². The van der Waals surface area contributed by atoms with E-state index in [2.05, 4.69) is 16.8 Å². The van der Waals surface area contributed by atoms with Crippen LogP contribution in [0.2, 0.25) is 0 Å². The Morgan fingerprint density at radius 2 is 2.58 bits per heavy atom. The van der Waals surface area contributed by atoms with E-state index in [4.69, 9.17) is 4.74 Å². The van der Waals surface area contributed by atoms with E-state index in [0.29, 0.717) is 0 Å². The monoisotopic (exact) mass is 164 g/mol. The largest absolute Gasteiger partial charge is 0.436 e. The minimum absolute atomic E-state index is 0.119. The quantitative estimate of drug-likeness (QED) is 0.579. The van der Waals surface area contributed by atoms with Crippen LogP contribution in [0.3, 0.4) is 0 Å². The molecule has 0 atom stereocenters. The van der Waals surface area contributed by atoms with Gasteiger partial charge in [0.05, 0.1) is 0 Å². The third-order valence-electron chi connectivity index (χ3n) is 1.16. The zero-order valence-electron chi connectivity index (χ0n) is 6.65. The van der Waals surface area contributed by atoms with Crippen LogP contribution in [-0.2, 0) is 4.74 Å². The summed E-state index contributed by atoms with van der Waals surface area (Å²) in [7, 11) is 0. The molecule has 0 spiro atoms. The molecule has 12 heavy (non-hydrogen) atoms. The van der Waals surface area contributed by atoms with E-state index in [0.717, 1.165) is 0 Å². The number of aromatic nitrogens is 2. The maximum absolute atomic E-state index is 11.0. The lowest BCUT2D eigenvalue weighted by atomic mass is 10.6. The maximum Gasteiger partial charge on any atom is 0.420 e. The molecule has 0 radical (unpaired) electrons. The van der Waals surface area contributed by atoms with Gasteiger partial charge in [-0.25, -0.2) is 14.3 Å². The van der Waals surface area contributed by atoms with Crippen molar-refractivity contribution in [3.05, 3.63) is 18.7 Å². The van der Waals surface area contributed by atoms with E-state index in [1.807, 2.05) is 0 Å². The molecule has 0 bridgehead atoms. The first-order chi connectivity index (χ1) is 5.84. The zero-order chi connectivity index (χ0) is 8.81. The molecule has 0 saturated heterocycles. The molecule has 0 aliphatic heterocycles. The molecule has 1 rings (SSSR count). The topological polar surface area (TPSA) is 44.1 Å². The van der Waals surface area contributed by atoms with Crippen molar-refractivity contribution in [2.45, 2.75) is 6.92 Å². The minimum Gasteiger partial charge on any atom is -0.436 e. The second-order valence-electron chi connectivity index (χ2n) is 1.95. The maximum atomic E-state index is 11.0. The van der Waals surface area contributed by atoms with Gasteiger partial charge in [0.15, 0.2) is 6.61 Å². The Balaban J connectivity index is 2.43. The molecule has 0 aliphatic carbocycles. The van der Waals surface area contributed by atoms with Gasteiger partial charge < -0.3 is 4.74 Å². The molecule has 1 aromatic heterocycles. The summed E-state index contributed by atoms with van der Waals surface area (Å²) in [5.41, 5.74) is 0. The summed E-state index contributed by atoms with van der Waals surface area (Å²) in [6, 6.07) is 0. The number of ether oxygens (including phenoxy) is 1. The van der Waals surface area contributed by atoms with Crippen LogP contribution in [0.5, 0.6) is 0 Å². The summed E-state index contributed by atoms with van der Waals surface area (Å²) in [5.74, 6) is 5.23. The first-order valence-corrected chi connectivity index (χ1v) is 3.39. The molecular formula is C8H8N2O2. The number of nitrogens with zero attached hydrogens (tertiary/aromatic N) is 2. The van der Waals surface area contributed by atoms with Crippen LogP contribution in [0.1, 0.15) is 6.92 Å². The van der Waals surface area contributed by atoms with Crippen molar-refractivity contribution >= 4 is 6.09 Å². The first-order valence-electron chi connectivity index (χ1n) is 3.39. The molecule has 0 amide bonds. The lowest BCUT2D eigenvalue weighted by Gasteiger charge is -1.98. The van der Waals surface area contributed by atoms with E-state index in [1.54, 1.807) is 6.92 Å². The van der Waals surface area contributed by atoms with Gasteiger partial charge in [0.25, 0.3) is 0 Å². The van der Waals surface area contributed by atoms with Crippen molar-refractivity contribution in [2.24, 2.45) is 0 Å². The predicted octanol–water partition coefficient (Wildman–Crippen LogP) is 0.891. The van der Waals surface area contributed by atoms with Gasteiger partial charge in [-0.15, -0.1) is 5.92 Å². The van der Waals surface area contributed by atoms with Crippen LogP contribution in [0.25, 0.3) is 0 Å². The highest BCUT2D eigenvalue weighted by Crippen LogP contribution is 1.88. The Bertz CT molecular complexity index is 306. The summed E-state index contributed by atoms with van der Waals surface area (Å²) in [4.78, 5) is 14.7. The molecule has 0 fully saturated rings. The minimum atomic E-state index is -0.463. The van der Waals surface area contributed by atoms with Gasteiger partial charge in [0, 0.05) is 12.4 Å². The second kappa shape index (κ2) is 4.19. The van der Waals surface area contributed by atoms with Crippen molar-refractivity contribution in [3.63, 3.8) is 0 Å². The Labute approximate surface area is 70.2 Å². The number of rotatable bonds is 1. The summed E-state index contributed by atoms with van der Waals surface area (Å²) < 4.78 is 5.98. The number of imidazole rings is 1. The number of hydrogen-bond acceptors (Lipinski definition) is 3. The Morgan fingerprint density at radius 3 is 3.17 bits per heavy atom. The lowest BCUT2D eigenvalue weighted by Crippen LogP contribution is -2.11. The van der Waals surface area contributed by atoms with Crippen LogP contribution in [0.4, 0.5) is 4.79 Å². The van der Waals surface area contributed by atoms with Gasteiger partial charge in [-0.2, -0.15) is 0 Å². The summed E-state index contributed by atoms with van der Waals surface area (Å²) in [6.45, 7) is 1.80. The summed E-state index contributed by atoms with van der Waals surface area (Å²) in [6.07, 6.45) is 3.94. The van der Waals surface area contributed by atoms with Crippen molar-refractivity contribution < 1.29 is 9.53 Å². The van der Waals surface area contributed by atoms with Crippen molar-refractivity contribution in [3.8, 4) is 11.8 Å². The van der Waals surface area contributed by atoms with E-state index >= 15 is 0 Å². The van der Waals surface area contributed by atoms with E-state index in [1.165, 1.54) is 23.3 Å². The molecule has 0 saturated carbocycles. The van der Waals surface area contributed by atoms with E-state index in [9.17, 15) is 4.79 Å². The fraction of sp³-hybridized carbons (Fsp3) is 0.250. The third-order valence-corrected chi connectivity index (χ3v) is 1.16. The Morgan fingerprint density at radius 1 is 1.75 bits per heavy atom. The van der Waals surface area contributed by atoms with Crippen LogP contribution in [0.15, 0.2) is 18.7 Å². The fourth-order valence-electron chi connectivity index (χ4n) is 0.612. The van der Waals surface area contributed by atoms with Crippen molar-refractivity contribution in [1.82, 2.24) is 9.55 Å². The highest BCUT2D eigenvalue weighted by molar-refractivity contribution is 5.70. The van der Waals surface area contributed by atoms with Gasteiger partial charge >= 0.3 is 6.09 Å². The van der Waals surface area contributed by atoms with Crippen LogP contribution in [0, 0.1) is 11.8 Å². The van der Waals surface area contributed by atoms with E-state index < -0.39 is 6.09 Å². The SMILES string of the molecule is CC#CCOC(=O)n1ccnc1. The molecule has 0 unspecified atom stereocenters.